The van der Waals surface area contributed by atoms with Crippen molar-refractivity contribution in [2.75, 3.05) is 13.1 Å². The van der Waals surface area contributed by atoms with Crippen molar-refractivity contribution >= 4 is 21.6 Å². The molecule has 3 nitrogen and oxygen atoms in total. The van der Waals surface area contributed by atoms with Crippen LogP contribution < -0.4 is 0 Å². The van der Waals surface area contributed by atoms with Crippen LogP contribution in [0.3, 0.4) is 0 Å². The topological polar surface area (TPSA) is 37.4 Å². The van der Waals surface area contributed by atoms with Crippen LogP contribution in [0.25, 0.3) is 0 Å². The van der Waals surface area contributed by atoms with Gasteiger partial charge in [-0.05, 0) is 49.3 Å². The second-order valence-corrected chi connectivity index (χ2v) is 8.33. The fourth-order valence-corrected chi connectivity index (χ4v) is 5.48. The molecule has 1 heterocycles. The van der Waals surface area contributed by atoms with Crippen molar-refractivity contribution in [3.63, 3.8) is 0 Å². The summed E-state index contributed by atoms with van der Waals surface area (Å²) >= 11 is 5.72. The summed E-state index contributed by atoms with van der Waals surface area (Å²) in [6, 6.07) is 2.79. The molecule has 116 valence electrons. The minimum Gasteiger partial charge on any atom is -0.207 e. The minimum absolute atomic E-state index is 0.0265. The number of hydrogen-bond acceptors (Lipinski definition) is 2. The Hall–Kier alpha value is -0.650. The summed E-state index contributed by atoms with van der Waals surface area (Å²) in [5, 5.41) is 0. The number of alkyl halides is 1. The lowest BCUT2D eigenvalue weighted by Crippen LogP contribution is -2.30. The van der Waals surface area contributed by atoms with Crippen molar-refractivity contribution in [1.29, 1.82) is 0 Å². The van der Waals surface area contributed by atoms with Crippen LogP contribution in [0, 0.1) is 24.6 Å². The lowest BCUT2D eigenvalue weighted by molar-refractivity contribution is 0.445. The summed E-state index contributed by atoms with van der Waals surface area (Å²) in [4.78, 5) is 0.164. The molecule has 21 heavy (non-hydrogen) atoms. The van der Waals surface area contributed by atoms with Crippen LogP contribution in [0.5, 0.6) is 0 Å². The molecule has 0 amide bonds. The van der Waals surface area contributed by atoms with Gasteiger partial charge in [-0.25, -0.2) is 12.8 Å². The Morgan fingerprint density at radius 1 is 1.29 bits per heavy atom. The lowest BCUT2D eigenvalue weighted by Gasteiger charge is -2.18. The first kappa shape index (κ1) is 15.3. The van der Waals surface area contributed by atoms with Crippen molar-refractivity contribution in [3.05, 3.63) is 29.1 Å². The molecule has 1 saturated heterocycles. The Morgan fingerprint density at radius 3 is 2.48 bits per heavy atom. The van der Waals surface area contributed by atoms with Gasteiger partial charge < -0.3 is 0 Å². The Morgan fingerprint density at radius 2 is 1.90 bits per heavy atom. The fourth-order valence-electron chi connectivity index (χ4n) is 3.59. The Kier molecular flexibility index (Phi) is 4.01. The molecule has 2 atom stereocenters. The van der Waals surface area contributed by atoms with Crippen molar-refractivity contribution in [2.45, 2.75) is 37.0 Å². The third kappa shape index (κ3) is 2.60. The maximum atomic E-state index is 13.8. The highest BCUT2D eigenvalue weighted by Crippen LogP contribution is 2.40. The van der Waals surface area contributed by atoms with Crippen LogP contribution in [-0.4, -0.2) is 25.8 Å². The average Bonchev–Trinajstić information content (AvgIpc) is 3.02. The first-order valence-corrected chi connectivity index (χ1v) is 9.26. The molecule has 0 spiro atoms. The van der Waals surface area contributed by atoms with E-state index in [1.807, 2.05) is 0 Å². The van der Waals surface area contributed by atoms with E-state index in [1.165, 1.54) is 18.6 Å². The maximum Gasteiger partial charge on any atom is 0.243 e. The largest absolute Gasteiger partial charge is 0.243 e. The number of sulfonamides is 1. The Bertz CT molecular complexity index is 650. The van der Waals surface area contributed by atoms with E-state index in [9.17, 15) is 12.8 Å². The summed E-state index contributed by atoms with van der Waals surface area (Å²) in [5.41, 5.74) is 0.570. The average molecular weight is 332 g/mol. The number of fused-ring (bicyclic) bond motifs is 1. The molecular weight excluding hydrogens is 313 g/mol. The lowest BCUT2D eigenvalue weighted by atomic mass is 10.0. The van der Waals surface area contributed by atoms with Gasteiger partial charge >= 0.3 is 0 Å². The molecule has 2 aliphatic rings. The molecule has 0 bridgehead atoms. The van der Waals surface area contributed by atoms with Gasteiger partial charge in [0.05, 0.1) is 10.8 Å². The van der Waals surface area contributed by atoms with Gasteiger partial charge in [0.1, 0.15) is 5.82 Å². The van der Waals surface area contributed by atoms with E-state index in [2.05, 4.69) is 0 Å². The number of rotatable bonds is 3. The van der Waals surface area contributed by atoms with Crippen LogP contribution in [0.1, 0.15) is 30.4 Å². The predicted octanol–water partition coefficient (Wildman–Crippen LogP) is 3.29. The van der Waals surface area contributed by atoms with Crippen molar-refractivity contribution in [3.8, 4) is 0 Å². The van der Waals surface area contributed by atoms with Gasteiger partial charge in [-0.3, -0.25) is 0 Å². The number of nitrogens with zero attached hydrogens (tertiary/aromatic N) is 1. The molecule has 1 aliphatic carbocycles. The summed E-state index contributed by atoms with van der Waals surface area (Å²) in [5.74, 6) is 0.547. The van der Waals surface area contributed by atoms with Gasteiger partial charge in [0.15, 0.2) is 0 Å². The monoisotopic (exact) mass is 331 g/mol. The van der Waals surface area contributed by atoms with Crippen molar-refractivity contribution in [1.82, 2.24) is 4.31 Å². The van der Waals surface area contributed by atoms with E-state index in [4.69, 9.17) is 11.6 Å². The van der Waals surface area contributed by atoms with E-state index in [1.54, 1.807) is 11.2 Å². The minimum atomic E-state index is -3.54. The summed E-state index contributed by atoms with van der Waals surface area (Å²) < 4.78 is 40.9. The standard InChI is InChI=1S/C15H19ClFNO2S/c1-10-5-14(6-13(7-16)15(10)17)21(19,20)18-8-11-3-2-4-12(11)9-18/h5-6,11-12H,2-4,7-9H2,1H3. The quantitative estimate of drug-likeness (QED) is 0.797. The molecule has 0 radical (unpaired) electrons. The van der Waals surface area contributed by atoms with Crippen molar-refractivity contribution in [2.24, 2.45) is 11.8 Å². The Balaban J connectivity index is 1.94. The molecule has 2 fully saturated rings. The second-order valence-electron chi connectivity index (χ2n) is 6.12. The van der Waals surface area contributed by atoms with Crippen LogP contribution in [-0.2, 0) is 15.9 Å². The summed E-state index contributed by atoms with van der Waals surface area (Å²) in [6.07, 6.45) is 3.44. The van der Waals surface area contributed by atoms with Crippen molar-refractivity contribution < 1.29 is 12.8 Å². The van der Waals surface area contributed by atoms with Gasteiger partial charge in [0, 0.05) is 18.7 Å². The molecule has 3 rings (SSSR count). The zero-order valence-corrected chi connectivity index (χ0v) is 13.6. The molecular formula is C15H19ClFNO2S. The molecule has 1 saturated carbocycles. The molecule has 0 aromatic heterocycles. The third-order valence-corrected chi connectivity index (χ3v) is 6.88. The normalized spacial score (nSPS) is 26.2. The maximum absolute atomic E-state index is 13.8. The predicted molar refractivity (Wildman–Crippen MR) is 80.3 cm³/mol. The molecule has 2 unspecified atom stereocenters. The highest BCUT2D eigenvalue weighted by atomic mass is 35.5. The van der Waals surface area contributed by atoms with Crippen LogP contribution >= 0.6 is 11.6 Å². The molecule has 6 heteroatoms. The van der Waals surface area contributed by atoms with Gasteiger partial charge in [0.25, 0.3) is 0 Å². The van der Waals surface area contributed by atoms with E-state index in [-0.39, 0.29) is 16.3 Å². The zero-order valence-electron chi connectivity index (χ0n) is 12.0. The van der Waals surface area contributed by atoms with E-state index in [0.29, 0.717) is 30.5 Å². The highest BCUT2D eigenvalue weighted by molar-refractivity contribution is 7.89. The van der Waals surface area contributed by atoms with E-state index in [0.717, 1.165) is 12.8 Å². The van der Waals surface area contributed by atoms with E-state index < -0.39 is 15.8 Å². The SMILES string of the molecule is Cc1cc(S(=O)(=O)N2CC3CCCC3C2)cc(CCl)c1F. The molecule has 1 aliphatic heterocycles. The molecule has 1 aromatic rings. The smallest absolute Gasteiger partial charge is 0.207 e. The van der Waals surface area contributed by atoms with Gasteiger partial charge in [-0.1, -0.05) is 6.42 Å². The van der Waals surface area contributed by atoms with Crippen LogP contribution in [0.4, 0.5) is 4.39 Å². The third-order valence-electron chi connectivity index (χ3n) is 4.78. The van der Waals surface area contributed by atoms with Gasteiger partial charge in [-0.2, -0.15) is 4.31 Å². The van der Waals surface area contributed by atoms with Crippen LogP contribution in [0.15, 0.2) is 17.0 Å². The Labute approximate surface area is 130 Å². The zero-order chi connectivity index (χ0) is 15.2. The van der Waals surface area contributed by atoms with Gasteiger partial charge in [-0.15, -0.1) is 11.6 Å². The number of benzene rings is 1. The fraction of sp³-hybridized carbons (Fsp3) is 0.600. The first-order valence-electron chi connectivity index (χ1n) is 7.28. The first-order chi connectivity index (χ1) is 9.93. The highest BCUT2D eigenvalue weighted by Gasteiger charge is 2.41. The molecule has 1 aromatic carbocycles. The van der Waals surface area contributed by atoms with Crippen LogP contribution in [0.2, 0.25) is 0 Å². The van der Waals surface area contributed by atoms with Gasteiger partial charge in [0.2, 0.25) is 10.0 Å². The summed E-state index contributed by atoms with van der Waals surface area (Å²) in [6.45, 7) is 2.77. The number of halogens is 2. The summed E-state index contributed by atoms with van der Waals surface area (Å²) in [7, 11) is -3.54. The van der Waals surface area contributed by atoms with E-state index >= 15 is 0 Å². The number of aryl methyl sites for hydroxylation is 1. The second kappa shape index (κ2) is 5.52. The number of hydrogen-bond donors (Lipinski definition) is 0. The molecule has 0 N–H and O–H groups in total.